The van der Waals surface area contributed by atoms with E-state index in [4.69, 9.17) is 0 Å². The highest BCUT2D eigenvalue weighted by Gasteiger charge is 2.21. The Bertz CT molecular complexity index is 1120. The summed E-state index contributed by atoms with van der Waals surface area (Å²) in [6.07, 6.45) is 3.70. The van der Waals surface area contributed by atoms with Crippen LogP contribution in [0.25, 0.3) is 6.08 Å². The Labute approximate surface area is 190 Å². The van der Waals surface area contributed by atoms with E-state index in [-0.39, 0.29) is 16.9 Å². The Morgan fingerprint density at radius 3 is 1.70 bits per heavy atom. The van der Waals surface area contributed by atoms with Crippen LogP contribution in [0.5, 0.6) is 0 Å². The maximum Gasteiger partial charge on any atom is 0.261 e. The molecule has 0 saturated carbocycles. The Hall–Kier alpha value is -4.00. The van der Waals surface area contributed by atoms with Gasteiger partial charge in [0.05, 0.1) is 11.4 Å². The number of hydrogen-bond donors (Lipinski definition) is 2. The highest BCUT2D eigenvalue weighted by atomic mass is 19.1. The third-order valence-corrected chi connectivity index (χ3v) is 5.41. The van der Waals surface area contributed by atoms with Crippen molar-refractivity contribution in [2.24, 2.45) is 0 Å². The van der Waals surface area contributed by atoms with Crippen molar-refractivity contribution in [3.05, 3.63) is 95.6 Å². The Balaban J connectivity index is 1.62. The van der Waals surface area contributed by atoms with Crippen molar-refractivity contribution >= 4 is 35.0 Å². The Kier molecular flexibility index (Phi) is 6.78. The van der Waals surface area contributed by atoms with Crippen molar-refractivity contribution < 1.29 is 18.4 Å². The summed E-state index contributed by atoms with van der Waals surface area (Å²) in [5.74, 6) is -2.88. The van der Waals surface area contributed by atoms with E-state index in [0.717, 1.165) is 31.6 Å². The van der Waals surface area contributed by atoms with Crippen LogP contribution in [-0.2, 0) is 9.59 Å². The number of hydrogen-bond acceptors (Lipinski definition) is 3. The molecule has 1 saturated heterocycles. The lowest BCUT2D eigenvalue weighted by atomic mass is 10.1. The van der Waals surface area contributed by atoms with Crippen LogP contribution in [0.3, 0.4) is 0 Å². The van der Waals surface area contributed by atoms with Crippen LogP contribution >= 0.6 is 0 Å². The summed E-state index contributed by atoms with van der Waals surface area (Å²) < 4.78 is 28.1. The first-order valence-corrected chi connectivity index (χ1v) is 10.7. The summed E-state index contributed by atoms with van der Waals surface area (Å²) in [7, 11) is 0. The molecular weight excluding hydrogens is 424 g/mol. The normalized spacial score (nSPS) is 12.8. The lowest BCUT2D eigenvalue weighted by Crippen LogP contribution is -2.26. The van der Waals surface area contributed by atoms with Gasteiger partial charge in [-0.3, -0.25) is 9.59 Å². The third kappa shape index (κ3) is 5.44. The standard InChI is InChI=1S/C26H23F2N3O2/c27-21-7-1-3-9-23(21)29-25(32)20(26(33)30-24-10-4-2-8-22(24)28)17-18-11-13-19(14-12-18)31-15-5-6-16-31/h1-4,7-14,17H,5-6,15-16H2,(H,29,32)(H,30,33). The van der Waals surface area contributed by atoms with Gasteiger partial charge in [-0.1, -0.05) is 36.4 Å². The van der Waals surface area contributed by atoms with Gasteiger partial charge in [0, 0.05) is 18.8 Å². The smallest absolute Gasteiger partial charge is 0.261 e. The molecule has 3 aromatic rings. The molecule has 33 heavy (non-hydrogen) atoms. The fourth-order valence-corrected chi connectivity index (χ4v) is 3.66. The average Bonchev–Trinajstić information content (AvgIpc) is 3.36. The van der Waals surface area contributed by atoms with Crippen molar-refractivity contribution in [3.63, 3.8) is 0 Å². The topological polar surface area (TPSA) is 61.4 Å². The molecule has 0 aliphatic carbocycles. The van der Waals surface area contributed by atoms with Crippen molar-refractivity contribution in [2.45, 2.75) is 12.8 Å². The number of benzene rings is 3. The molecule has 1 aliphatic rings. The molecule has 0 atom stereocenters. The first-order chi connectivity index (χ1) is 16.0. The maximum atomic E-state index is 14.0. The molecule has 7 heteroatoms. The zero-order valence-corrected chi connectivity index (χ0v) is 17.9. The number of nitrogens with one attached hydrogen (secondary N) is 2. The number of carbonyl (C=O) groups excluding carboxylic acids is 2. The Morgan fingerprint density at radius 1 is 0.727 bits per heavy atom. The van der Waals surface area contributed by atoms with E-state index >= 15 is 0 Å². The van der Waals surface area contributed by atoms with E-state index in [1.54, 1.807) is 24.3 Å². The molecule has 0 spiro atoms. The van der Waals surface area contributed by atoms with E-state index in [9.17, 15) is 18.4 Å². The lowest BCUT2D eigenvalue weighted by molar-refractivity contribution is -0.118. The van der Waals surface area contributed by atoms with Crippen LogP contribution in [0.2, 0.25) is 0 Å². The number of carbonyl (C=O) groups is 2. The summed E-state index contributed by atoms with van der Waals surface area (Å²) in [6.45, 7) is 1.99. The van der Waals surface area contributed by atoms with Gasteiger partial charge in [-0.05, 0) is 60.9 Å². The number of amides is 2. The van der Waals surface area contributed by atoms with E-state index in [1.165, 1.54) is 42.5 Å². The molecule has 0 bridgehead atoms. The quantitative estimate of drug-likeness (QED) is 0.309. The van der Waals surface area contributed by atoms with E-state index in [1.807, 2.05) is 12.1 Å². The fourth-order valence-electron chi connectivity index (χ4n) is 3.66. The number of para-hydroxylation sites is 2. The second kappa shape index (κ2) is 10.1. The van der Waals surface area contributed by atoms with Crippen molar-refractivity contribution in [3.8, 4) is 0 Å². The molecule has 5 nitrogen and oxygen atoms in total. The van der Waals surface area contributed by atoms with Crippen LogP contribution < -0.4 is 15.5 Å². The van der Waals surface area contributed by atoms with Gasteiger partial charge in [-0.15, -0.1) is 0 Å². The van der Waals surface area contributed by atoms with Crippen molar-refractivity contribution in [1.82, 2.24) is 0 Å². The SMILES string of the molecule is O=C(Nc1ccccc1F)C(=Cc1ccc(N2CCCC2)cc1)C(=O)Nc1ccccc1F. The minimum absolute atomic E-state index is 0.0588. The second-order valence-corrected chi connectivity index (χ2v) is 7.71. The van der Waals surface area contributed by atoms with Gasteiger partial charge >= 0.3 is 0 Å². The summed E-state index contributed by atoms with van der Waals surface area (Å²) in [6, 6.07) is 18.8. The molecule has 0 unspecified atom stereocenters. The fraction of sp³-hybridized carbons (Fsp3) is 0.154. The predicted octanol–water partition coefficient (Wildman–Crippen LogP) is 5.23. The molecule has 0 radical (unpaired) electrons. The van der Waals surface area contributed by atoms with Crippen LogP contribution in [0, 0.1) is 11.6 Å². The molecule has 1 heterocycles. The second-order valence-electron chi connectivity index (χ2n) is 7.71. The lowest BCUT2D eigenvalue weighted by Gasteiger charge is -2.17. The molecule has 1 fully saturated rings. The number of nitrogens with zero attached hydrogens (tertiary/aromatic N) is 1. The van der Waals surface area contributed by atoms with Gasteiger partial charge in [0.25, 0.3) is 11.8 Å². The monoisotopic (exact) mass is 447 g/mol. The van der Waals surface area contributed by atoms with Gasteiger partial charge in [0.15, 0.2) is 0 Å². The number of halogens is 2. The summed E-state index contributed by atoms with van der Waals surface area (Å²) in [5.41, 5.74) is 1.28. The zero-order chi connectivity index (χ0) is 23.2. The van der Waals surface area contributed by atoms with Crippen LogP contribution in [0.4, 0.5) is 25.8 Å². The van der Waals surface area contributed by atoms with Gasteiger partial charge in [0.2, 0.25) is 0 Å². The zero-order valence-electron chi connectivity index (χ0n) is 17.9. The van der Waals surface area contributed by atoms with E-state index < -0.39 is 23.4 Å². The number of anilines is 3. The number of rotatable bonds is 6. The minimum Gasteiger partial charge on any atom is -0.372 e. The van der Waals surface area contributed by atoms with E-state index in [0.29, 0.717) is 5.56 Å². The molecule has 2 amide bonds. The van der Waals surface area contributed by atoms with Gasteiger partial charge in [-0.25, -0.2) is 8.78 Å². The molecule has 4 rings (SSSR count). The van der Waals surface area contributed by atoms with Crippen LogP contribution in [0.1, 0.15) is 18.4 Å². The Morgan fingerprint density at radius 2 is 1.21 bits per heavy atom. The summed E-state index contributed by atoms with van der Waals surface area (Å²) in [4.78, 5) is 28.2. The predicted molar refractivity (Wildman–Crippen MR) is 126 cm³/mol. The van der Waals surface area contributed by atoms with Crippen LogP contribution in [-0.4, -0.2) is 24.9 Å². The highest BCUT2D eigenvalue weighted by Crippen LogP contribution is 2.22. The largest absolute Gasteiger partial charge is 0.372 e. The van der Waals surface area contributed by atoms with Crippen molar-refractivity contribution in [2.75, 3.05) is 28.6 Å². The summed E-state index contributed by atoms with van der Waals surface area (Å²) in [5, 5.41) is 4.85. The molecule has 0 aromatic heterocycles. The average molecular weight is 447 g/mol. The molecular formula is C26H23F2N3O2. The summed E-state index contributed by atoms with van der Waals surface area (Å²) >= 11 is 0. The molecule has 2 N–H and O–H groups in total. The molecule has 1 aliphatic heterocycles. The first kappa shape index (κ1) is 22.2. The maximum absolute atomic E-state index is 14.0. The van der Waals surface area contributed by atoms with Crippen molar-refractivity contribution in [1.29, 1.82) is 0 Å². The first-order valence-electron chi connectivity index (χ1n) is 10.7. The van der Waals surface area contributed by atoms with E-state index in [2.05, 4.69) is 15.5 Å². The van der Waals surface area contributed by atoms with Gasteiger partial charge in [-0.2, -0.15) is 0 Å². The molecule has 3 aromatic carbocycles. The third-order valence-electron chi connectivity index (χ3n) is 5.41. The molecule has 168 valence electrons. The minimum atomic E-state index is -0.808. The highest BCUT2D eigenvalue weighted by molar-refractivity contribution is 6.28. The van der Waals surface area contributed by atoms with Gasteiger partial charge < -0.3 is 15.5 Å². The van der Waals surface area contributed by atoms with Crippen LogP contribution in [0.15, 0.2) is 78.4 Å². The van der Waals surface area contributed by atoms with Gasteiger partial charge in [0.1, 0.15) is 17.2 Å².